The molecule has 0 aliphatic carbocycles. The first-order chi connectivity index (χ1) is 8.58. The summed E-state index contributed by atoms with van der Waals surface area (Å²) in [6.45, 7) is 0. The lowest BCUT2D eigenvalue weighted by molar-refractivity contribution is 0.626. The highest BCUT2D eigenvalue weighted by Crippen LogP contribution is 2.08. The molecule has 0 fully saturated rings. The molecule has 0 aliphatic rings. The van der Waals surface area contributed by atoms with Crippen molar-refractivity contribution in [2.45, 2.75) is 4.90 Å². The normalized spacial score (nSPS) is 13.0. The molecule has 1 unspecified atom stereocenters. The molecular weight excluding hydrogens is 259 g/mol. The number of hydrogen-bond donors (Lipinski definition) is 0. The quantitative estimate of drug-likeness (QED) is 0.805. The maximum atomic E-state index is 12.7. The molecule has 0 N–H and O–H groups in total. The van der Waals surface area contributed by atoms with Crippen molar-refractivity contribution in [2.24, 2.45) is 7.05 Å². The van der Waals surface area contributed by atoms with Crippen LogP contribution in [0.25, 0.3) is 6.20 Å². The lowest BCUT2D eigenvalue weighted by Gasteiger charge is -1.95. The summed E-state index contributed by atoms with van der Waals surface area (Å²) in [7, 11) is -0.0202. The van der Waals surface area contributed by atoms with Crippen molar-refractivity contribution in [3.8, 4) is 0 Å². The fourth-order valence-corrected chi connectivity index (χ4v) is 1.97. The highest BCUT2D eigenvalue weighted by atomic mass is 32.2. The van der Waals surface area contributed by atoms with E-state index in [2.05, 4.69) is 10.4 Å². The summed E-state index contributed by atoms with van der Waals surface area (Å²) in [5, 5.41) is 8.31. The molecule has 0 bridgehead atoms. The molecule has 1 aromatic heterocycles. The third-order valence-corrected chi connectivity index (χ3v) is 3.22. The van der Waals surface area contributed by atoms with Crippen molar-refractivity contribution in [1.82, 2.24) is 19.8 Å². The fraction of sp³-hybridized carbons (Fsp3) is 0.100. The first-order valence-electron chi connectivity index (χ1n) is 4.91. The maximum Gasteiger partial charge on any atom is 0.367 e. The second kappa shape index (κ2) is 5.05. The third kappa shape index (κ3) is 2.59. The molecule has 0 saturated carbocycles. The molecule has 2 rings (SSSR count). The Hall–Kier alpha value is -2.09. The van der Waals surface area contributed by atoms with Crippen LogP contribution in [0.5, 0.6) is 0 Å². The minimum atomic E-state index is -1.48. The van der Waals surface area contributed by atoms with E-state index in [0.717, 1.165) is 9.36 Å². The van der Waals surface area contributed by atoms with Crippen LogP contribution in [0.15, 0.2) is 39.4 Å². The zero-order valence-electron chi connectivity index (χ0n) is 9.36. The standard InChI is InChI=1S/C10H9FN4O2S/c1-14-10(16)15(13-12-14)6-7-18(17)9-4-2-8(11)3-5-9/h2-7H,1H3/b7-6+. The summed E-state index contributed by atoms with van der Waals surface area (Å²) >= 11 is 0. The van der Waals surface area contributed by atoms with E-state index in [1.165, 1.54) is 42.9 Å². The highest BCUT2D eigenvalue weighted by molar-refractivity contribution is 7.88. The van der Waals surface area contributed by atoms with E-state index in [1.807, 2.05) is 0 Å². The van der Waals surface area contributed by atoms with Crippen molar-refractivity contribution in [2.75, 3.05) is 0 Å². The molecule has 0 spiro atoms. The summed E-state index contributed by atoms with van der Waals surface area (Å²) in [6.07, 6.45) is 1.26. The Morgan fingerprint density at radius 1 is 1.28 bits per heavy atom. The molecule has 8 heteroatoms. The Labute approximate surface area is 104 Å². The summed E-state index contributed by atoms with van der Waals surface area (Å²) in [5.41, 5.74) is -0.442. The fourth-order valence-electron chi connectivity index (χ4n) is 1.18. The van der Waals surface area contributed by atoms with Crippen molar-refractivity contribution in [1.29, 1.82) is 0 Å². The molecule has 94 valence electrons. The van der Waals surface area contributed by atoms with Crippen LogP contribution in [0.1, 0.15) is 0 Å². The molecule has 1 aromatic carbocycles. The van der Waals surface area contributed by atoms with Crippen LogP contribution >= 0.6 is 0 Å². The molecule has 0 amide bonds. The predicted molar refractivity (Wildman–Crippen MR) is 63.4 cm³/mol. The van der Waals surface area contributed by atoms with Gasteiger partial charge in [0.15, 0.2) is 0 Å². The molecule has 18 heavy (non-hydrogen) atoms. The second-order valence-corrected chi connectivity index (χ2v) is 4.70. The minimum Gasteiger partial charge on any atom is -0.250 e. The molecule has 1 atom stereocenters. The van der Waals surface area contributed by atoms with Gasteiger partial charge in [0.2, 0.25) is 0 Å². The number of halogens is 1. The number of hydrogen-bond acceptors (Lipinski definition) is 4. The van der Waals surface area contributed by atoms with Gasteiger partial charge in [-0.2, -0.15) is 9.36 Å². The van der Waals surface area contributed by atoms with E-state index in [9.17, 15) is 13.4 Å². The molecule has 1 heterocycles. The monoisotopic (exact) mass is 268 g/mol. The molecule has 6 nitrogen and oxygen atoms in total. The van der Waals surface area contributed by atoms with E-state index >= 15 is 0 Å². The van der Waals surface area contributed by atoms with Gasteiger partial charge in [-0.15, -0.1) is 0 Å². The van der Waals surface area contributed by atoms with Gasteiger partial charge in [-0.3, -0.25) is 0 Å². The third-order valence-electron chi connectivity index (χ3n) is 2.11. The van der Waals surface area contributed by atoms with Crippen molar-refractivity contribution < 1.29 is 8.60 Å². The molecular formula is C10H9FN4O2S. The van der Waals surface area contributed by atoms with Crippen LogP contribution in [-0.4, -0.2) is 24.0 Å². The van der Waals surface area contributed by atoms with Gasteiger partial charge >= 0.3 is 5.69 Å². The van der Waals surface area contributed by atoms with Gasteiger partial charge in [0.1, 0.15) is 5.82 Å². The molecule has 0 aliphatic heterocycles. The number of nitrogens with zero attached hydrogens (tertiary/aromatic N) is 4. The van der Waals surface area contributed by atoms with Crippen LogP contribution in [0.2, 0.25) is 0 Å². The van der Waals surface area contributed by atoms with Gasteiger partial charge < -0.3 is 0 Å². The highest BCUT2D eigenvalue weighted by Gasteiger charge is 2.02. The topological polar surface area (TPSA) is 69.8 Å². The predicted octanol–water partition coefficient (Wildman–Crippen LogP) is 0.352. The van der Waals surface area contributed by atoms with Crippen molar-refractivity contribution >= 4 is 17.0 Å². The first-order valence-corrected chi connectivity index (χ1v) is 6.12. The van der Waals surface area contributed by atoms with Crippen LogP contribution in [0, 0.1) is 5.82 Å². The zero-order chi connectivity index (χ0) is 13.1. The Morgan fingerprint density at radius 2 is 1.94 bits per heavy atom. The Bertz CT molecular complexity index is 659. The minimum absolute atomic E-state index is 0.398. The van der Waals surface area contributed by atoms with E-state index in [0.29, 0.717) is 4.90 Å². The lowest BCUT2D eigenvalue weighted by atomic mass is 10.4. The average molecular weight is 268 g/mol. The van der Waals surface area contributed by atoms with Gasteiger partial charge in [0.25, 0.3) is 0 Å². The zero-order valence-corrected chi connectivity index (χ0v) is 10.2. The van der Waals surface area contributed by atoms with Gasteiger partial charge in [-0.1, -0.05) is 0 Å². The average Bonchev–Trinajstić information content (AvgIpc) is 2.68. The van der Waals surface area contributed by atoms with E-state index in [4.69, 9.17) is 0 Å². The summed E-state index contributed by atoms with van der Waals surface area (Å²) in [5.74, 6) is -0.398. The number of rotatable bonds is 3. The number of tetrazole rings is 1. The largest absolute Gasteiger partial charge is 0.367 e. The molecule has 0 saturated heterocycles. The second-order valence-electron chi connectivity index (χ2n) is 3.37. The van der Waals surface area contributed by atoms with Crippen LogP contribution in [0.4, 0.5) is 4.39 Å². The summed E-state index contributed by atoms with van der Waals surface area (Å²) in [4.78, 5) is 11.8. The van der Waals surface area contributed by atoms with Crippen molar-refractivity contribution in [3.05, 3.63) is 46.0 Å². The summed E-state index contributed by atoms with van der Waals surface area (Å²) < 4.78 is 26.5. The van der Waals surface area contributed by atoms with Crippen LogP contribution in [-0.2, 0) is 17.8 Å². The Kier molecular flexibility index (Phi) is 3.47. The first kappa shape index (κ1) is 12.4. The van der Waals surface area contributed by atoms with Gasteiger partial charge in [0.05, 0.1) is 10.8 Å². The van der Waals surface area contributed by atoms with Crippen LogP contribution in [0.3, 0.4) is 0 Å². The molecule has 0 radical (unpaired) electrons. The smallest absolute Gasteiger partial charge is 0.250 e. The van der Waals surface area contributed by atoms with Gasteiger partial charge in [-0.25, -0.2) is 13.4 Å². The maximum absolute atomic E-state index is 12.7. The summed E-state index contributed by atoms with van der Waals surface area (Å²) in [6, 6.07) is 5.26. The van der Waals surface area contributed by atoms with Gasteiger partial charge in [-0.05, 0) is 34.7 Å². The van der Waals surface area contributed by atoms with E-state index in [1.54, 1.807) is 0 Å². The number of benzene rings is 1. The van der Waals surface area contributed by atoms with Gasteiger partial charge in [0, 0.05) is 23.6 Å². The SMILES string of the molecule is Cn1nnn(/C=C/S(=O)c2ccc(F)cc2)c1=O. The number of aryl methyl sites for hydroxylation is 1. The van der Waals surface area contributed by atoms with E-state index < -0.39 is 22.3 Å². The Balaban J connectivity index is 2.19. The lowest BCUT2D eigenvalue weighted by Crippen LogP contribution is -2.19. The Morgan fingerprint density at radius 3 is 2.50 bits per heavy atom. The van der Waals surface area contributed by atoms with Crippen LogP contribution < -0.4 is 5.69 Å². The van der Waals surface area contributed by atoms with Crippen molar-refractivity contribution in [3.63, 3.8) is 0 Å². The van der Waals surface area contributed by atoms with E-state index in [-0.39, 0.29) is 0 Å². The number of aromatic nitrogens is 4. The molecule has 2 aromatic rings.